The molecular formula is C17H25N5O2S. The third kappa shape index (κ3) is 4.43. The molecule has 1 saturated heterocycles. The van der Waals surface area contributed by atoms with Gasteiger partial charge in [0.2, 0.25) is 5.91 Å². The van der Waals surface area contributed by atoms with Crippen molar-refractivity contribution in [3.8, 4) is 0 Å². The van der Waals surface area contributed by atoms with Crippen LogP contribution in [0.15, 0.2) is 6.20 Å². The maximum absolute atomic E-state index is 12.5. The van der Waals surface area contributed by atoms with Crippen LogP contribution in [0.2, 0.25) is 0 Å². The molecule has 3 rings (SSSR count). The van der Waals surface area contributed by atoms with E-state index in [1.165, 1.54) is 0 Å². The molecule has 1 fully saturated rings. The fourth-order valence-electron chi connectivity index (χ4n) is 3.21. The van der Waals surface area contributed by atoms with Gasteiger partial charge in [-0.25, -0.2) is 4.98 Å². The number of piperidine rings is 1. The van der Waals surface area contributed by atoms with Crippen LogP contribution in [0.25, 0.3) is 0 Å². The number of aliphatic hydroxyl groups excluding tert-OH is 1. The minimum atomic E-state index is -0.592. The molecule has 1 N–H and O–H groups in total. The summed E-state index contributed by atoms with van der Waals surface area (Å²) in [4.78, 5) is 20.1. The number of aliphatic hydroxyl groups is 1. The van der Waals surface area contributed by atoms with Gasteiger partial charge in [-0.2, -0.15) is 0 Å². The second-order valence-electron chi connectivity index (χ2n) is 6.78. The van der Waals surface area contributed by atoms with Gasteiger partial charge in [-0.15, -0.1) is 16.4 Å². The number of thiazole rings is 1. The van der Waals surface area contributed by atoms with E-state index in [2.05, 4.69) is 15.3 Å². The van der Waals surface area contributed by atoms with Gasteiger partial charge < -0.3 is 10.0 Å². The van der Waals surface area contributed by atoms with E-state index >= 15 is 0 Å². The zero-order valence-corrected chi connectivity index (χ0v) is 15.8. The number of nitrogens with zero attached hydrogens (tertiary/aromatic N) is 5. The van der Waals surface area contributed by atoms with E-state index in [1.54, 1.807) is 29.1 Å². The summed E-state index contributed by atoms with van der Waals surface area (Å²) in [6.07, 6.45) is 3.54. The molecule has 2 aromatic rings. The van der Waals surface area contributed by atoms with Crippen molar-refractivity contribution in [3.63, 3.8) is 0 Å². The fourth-order valence-corrected chi connectivity index (χ4v) is 4.05. The van der Waals surface area contributed by atoms with Gasteiger partial charge in [0.15, 0.2) is 0 Å². The van der Waals surface area contributed by atoms with Gasteiger partial charge in [-0.05, 0) is 39.5 Å². The van der Waals surface area contributed by atoms with Gasteiger partial charge in [0, 0.05) is 24.5 Å². The summed E-state index contributed by atoms with van der Waals surface area (Å²) in [7, 11) is 0. The quantitative estimate of drug-likeness (QED) is 0.877. The Kier molecular flexibility index (Phi) is 5.48. The lowest BCUT2D eigenvalue weighted by atomic mass is 9.96. The molecule has 1 atom stereocenters. The van der Waals surface area contributed by atoms with Crippen molar-refractivity contribution in [2.75, 3.05) is 13.1 Å². The largest absolute Gasteiger partial charge is 0.387 e. The number of hydrogen-bond donors (Lipinski definition) is 1. The predicted molar refractivity (Wildman–Crippen MR) is 95.3 cm³/mol. The van der Waals surface area contributed by atoms with Gasteiger partial charge in [0.25, 0.3) is 0 Å². The number of carbonyl (C=O) groups excluding carboxylic acids is 1. The van der Waals surface area contributed by atoms with Gasteiger partial charge in [0.1, 0.15) is 5.69 Å². The lowest BCUT2D eigenvalue weighted by Crippen LogP contribution is -2.40. The molecule has 0 radical (unpaired) electrons. The van der Waals surface area contributed by atoms with Crippen LogP contribution in [0, 0.1) is 19.8 Å². The van der Waals surface area contributed by atoms with Crippen molar-refractivity contribution in [2.24, 2.45) is 5.92 Å². The number of aromatic nitrogens is 4. The van der Waals surface area contributed by atoms with Crippen molar-refractivity contribution < 1.29 is 9.90 Å². The van der Waals surface area contributed by atoms with Crippen LogP contribution in [0.4, 0.5) is 0 Å². The average molecular weight is 363 g/mol. The van der Waals surface area contributed by atoms with E-state index in [-0.39, 0.29) is 5.91 Å². The smallest absolute Gasteiger partial charge is 0.228 e. The molecule has 7 nitrogen and oxygen atoms in total. The fraction of sp³-hybridized carbons (Fsp3) is 0.647. The standard InChI is InChI=1S/C17H25N5O2S/c1-11(23)16-10-22(20-19-16)9-14-4-6-21(7-5-14)17(24)8-15-12(2)25-13(3)18-15/h10-11,14,23H,4-9H2,1-3H3. The Morgan fingerprint density at radius 1 is 1.40 bits per heavy atom. The molecule has 136 valence electrons. The Morgan fingerprint density at radius 3 is 2.68 bits per heavy atom. The van der Waals surface area contributed by atoms with Gasteiger partial charge in [-0.1, -0.05) is 5.21 Å². The summed E-state index contributed by atoms with van der Waals surface area (Å²) in [5.41, 5.74) is 1.52. The third-order valence-electron chi connectivity index (χ3n) is 4.72. The van der Waals surface area contributed by atoms with E-state index in [0.717, 1.165) is 48.1 Å². The molecule has 8 heteroatoms. The monoisotopic (exact) mass is 363 g/mol. The number of hydrogen-bond acceptors (Lipinski definition) is 6. The highest BCUT2D eigenvalue weighted by Crippen LogP contribution is 2.22. The second-order valence-corrected chi connectivity index (χ2v) is 8.19. The molecule has 0 aromatic carbocycles. The van der Waals surface area contributed by atoms with Crippen LogP contribution in [-0.4, -0.2) is 49.0 Å². The summed E-state index contributed by atoms with van der Waals surface area (Å²) >= 11 is 1.65. The third-order valence-corrected chi connectivity index (χ3v) is 5.64. The van der Waals surface area contributed by atoms with Crippen LogP contribution in [0.1, 0.15) is 47.1 Å². The molecule has 1 unspecified atom stereocenters. The molecule has 0 spiro atoms. The molecule has 25 heavy (non-hydrogen) atoms. The van der Waals surface area contributed by atoms with Crippen molar-refractivity contribution in [1.82, 2.24) is 24.9 Å². The molecule has 1 amide bonds. The Morgan fingerprint density at radius 2 is 2.12 bits per heavy atom. The van der Waals surface area contributed by atoms with Gasteiger partial charge >= 0.3 is 0 Å². The zero-order chi connectivity index (χ0) is 18.0. The molecule has 0 bridgehead atoms. The Balaban J connectivity index is 1.49. The van der Waals surface area contributed by atoms with E-state index in [0.29, 0.717) is 18.0 Å². The van der Waals surface area contributed by atoms with E-state index in [9.17, 15) is 9.90 Å². The highest BCUT2D eigenvalue weighted by molar-refractivity contribution is 7.11. The summed E-state index contributed by atoms with van der Waals surface area (Å²) in [6.45, 7) is 8.03. The summed E-state index contributed by atoms with van der Waals surface area (Å²) in [5.74, 6) is 0.653. The lowest BCUT2D eigenvalue weighted by Gasteiger charge is -2.31. The normalized spacial score (nSPS) is 17.0. The Labute approximate surface area is 151 Å². The topological polar surface area (TPSA) is 84.1 Å². The summed E-state index contributed by atoms with van der Waals surface area (Å²) in [5, 5.41) is 18.6. The number of carbonyl (C=O) groups is 1. The minimum Gasteiger partial charge on any atom is -0.387 e. The maximum Gasteiger partial charge on any atom is 0.228 e. The number of likely N-dealkylation sites (tertiary alicyclic amines) is 1. The van der Waals surface area contributed by atoms with Gasteiger partial charge in [-0.3, -0.25) is 9.48 Å². The van der Waals surface area contributed by atoms with E-state index < -0.39 is 6.10 Å². The first-order valence-electron chi connectivity index (χ1n) is 8.71. The predicted octanol–water partition coefficient (Wildman–Crippen LogP) is 1.89. The zero-order valence-electron chi connectivity index (χ0n) is 15.0. The van der Waals surface area contributed by atoms with Crippen molar-refractivity contribution in [1.29, 1.82) is 0 Å². The summed E-state index contributed by atoms with van der Waals surface area (Å²) < 4.78 is 1.80. The van der Waals surface area contributed by atoms with Crippen LogP contribution >= 0.6 is 11.3 Å². The molecule has 2 aromatic heterocycles. The Bertz CT molecular complexity index is 731. The average Bonchev–Trinajstić information content (AvgIpc) is 3.15. The van der Waals surface area contributed by atoms with Crippen LogP contribution in [0.3, 0.4) is 0 Å². The van der Waals surface area contributed by atoms with Crippen molar-refractivity contribution >= 4 is 17.2 Å². The molecule has 1 aliphatic rings. The SMILES string of the molecule is Cc1nc(CC(=O)N2CCC(Cn3cc(C(C)O)nn3)CC2)c(C)s1. The lowest BCUT2D eigenvalue weighted by molar-refractivity contribution is -0.132. The molecule has 0 saturated carbocycles. The Hall–Kier alpha value is -1.80. The molecule has 3 heterocycles. The molecular weight excluding hydrogens is 338 g/mol. The van der Waals surface area contributed by atoms with Crippen LogP contribution < -0.4 is 0 Å². The van der Waals surface area contributed by atoms with E-state index in [1.807, 2.05) is 18.7 Å². The number of aryl methyl sites for hydroxylation is 2. The first kappa shape index (κ1) is 18.0. The summed E-state index contributed by atoms with van der Waals surface area (Å²) in [6, 6.07) is 0. The van der Waals surface area contributed by atoms with Crippen LogP contribution in [0.5, 0.6) is 0 Å². The van der Waals surface area contributed by atoms with E-state index in [4.69, 9.17) is 0 Å². The second kappa shape index (κ2) is 7.61. The van der Waals surface area contributed by atoms with Crippen molar-refractivity contribution in [3.05, 3.63) is 27.5 Å². The highest BCUT2D eigenvalue weighted by atomic mass is 32.1. The first-order valence-corrected chi connectivity index (χ1v) is 9.52. The first-order chi connectivity index (χ1) is 11.9. The number of rotatable bonds is 5. The molecule has 1 aliphatic heterocycles. The van der Waals surface area contributed by atoms with Crippen LogP contribution in [-0.2, 0) is 17.8 Å². The molecule has 0 aliphatic carbocycles. The van der Waals surface area contributed by atoms with Crippen molar-refractivity contribution in [2.45, 2.75) is 52.7 Å². The number of amides is 1. The van der Waals surface area contributed by atoms with Gasteiger partial charge in [0.05, 0.1) is 29.4 Å². The highest BCUT2D eigenvalue weighted by Gasteiger charge is 2.24. The minimum absolute atomic E-state index is 0.170. The maximum atomic E-state index is 12.5.